The number of H-pyrrole nitrogens is 1. The Morgan fingerprint density at radius 1 is 1.29 bits per heavy atom. The predicted molar refractivity (Wildman–Crippen MR) is 69.9 cm³/mol. The highest BCUT2D eigenvalue weighted by molar-refractivity contribution is 5.85. The van der Waals surface area contributed by atoms with Crippen molar-refractivity contribution in [2.45, 2.75) is 18.9 Å². The molecule has 1 aliphatic rings. The molecule has 1 atom stereocenters. The van der Waals surface area contributed by atoms with Crippen molar-refractivity contribution < 1.29 is 4.74 Å². The summed E-state index contributed by atoms with van der Waals surface area (Å²) in [5.74, 6) is 0. The van der Waals surface area contributed by atoms with Gasteiger partial charge in [0.25, 0.3) is 6.01 Å². The number of aromatic amines is 1. The van der Waals surface area contributed by atoms with Gasteiger partial charge in [0.05, 0.1) is 11.0 Å². The molecule has 1 fully saturated rings. The van der Waals surface area contributed by atoms with Crippen LogP contribution in [0.3, 0.4) is 0 Å². The number of aromatic nitrogens is 2. The van der Waals surface area contributed by atoms with Gasteiger partial charge in [0.2, 0.25) is 0 Å². The van der Waals surface area contributed by atoms with Crippen LogP contribution in [0.25, 0.3) is 11.0 Å². The van der Waals surface area contributed by atoms with Crippen LogP contribution in [0.5, 0.6) is 6.01 Å². The van der Waals surface area contributed by atoms with E-state index >= 15 is 0 Å². The molecule has 0 bridgehead atoms. The second kappa shape index (κ2) is 5.38. The number of halogens is 1. The summed E-state index contributed by atoms with van der Waals surface area (Å²) in [5.41, 5.74) is 1.99. The molecular formula is C12H16ClN3O. The second-order valence-corrected chi connectivity index (χ2v) is 4.15. The van der Waals surface area contributed by atoms with Crippen LogP contribution in [-0.2, 0) is 0 Å². The van der Waals surface area contributed by atoms with E-state index < -0.39 is 0 Å². The Kier molecular flexibility index (Phi) is 3.86. The molecule has 1 aliphatic heterocycles. The highest BCUT2D eigenvalue weighted by Gasteiger charge is 2.15. The summed E-state index contributed by atoms with van der Waals surface area (Å²) >= 11 is 0. The lowest BCUT2D eigenvalue weighted by atomic mass is 10.1. The van der Waals surface area contributed by atoms with Crippen molar-refractivity contribution in [2.75, 3.05) is 13.1 Å². The minimum atomic E-state index is 0. The molecule has 2 heterocycles. The van der Waals surface area contributed by atoms with E-state index in [1.54, 1.807) is 0 Å². The fraction of sp³-hybridized carbons (Fsp3) is 0.417. The average Bonchev–Trinajstić information content (AvgIpc) is 2.72. The number of rotatable bonds is 2. The summed E-state index contributed by atoms with van der Waals surface area (Å²) in [5, 5.41) is 3.32. The van der Waals surface area contributed by atoms with Crippen molar-refractivity contribution in [1.82, 2.24) is 15.3 Å². The number of fused-ring (bicyclic) bond motifs is 1. The lowest BCUT2D eigenvalue weighted by Gasteiger charge is -2.22. The standard InChI is InChI=1S/C12H15N3O.ClH/c1-2-6-11-10(5-1)14-12(15-11)16-9-4-3-7-13-8-9;/h1-2,5-6,9,13H,3-4,7-8H2,(H,14,15);1H/t9-;/m0./s1. The second-order valence-electron chi connectivity index (χ2n) is 4.15. The molecule has 0 spiro atoms. The molecule has 17 heavy (non-hydrogen) atoms. The van der Waals surface area contributed by atoms with Gasteiger partial charge in [-0.1, -0.05) is 12.1 Å². The van der Waals surface area contributed by atoms with Gasteiger partial charge >= 0.3 is 0 Å². The van der Waals surface area contributed by atoms with E-state index in [1.165, 1.54) is 6.42 Å². The highest BCUT2D eigenvalue weighted by atomic mass is 35.5. The van der Waals surface area contributed by atoms with Crippen molar-refractivity contribution in [3.8, 4) is 6.01 Å². The molecule has 1 aromatic carbocycles. The Morgan fingerprint density at radius 2 is 2.18 bits per heavy atom. The third kappa shape index (κ3) is 2.70. The maximum absolute atomic E-state index is 5.81. The van der Waals surface area contributed by atoms with E-state index in [4.69, 9.17) is 4.74 Å². The Bertz CT molecular complexity index is 446. The SMILES string of the molecule is Cl.c1ccc2[nH]c(O[C@H]3CCCNC3)nc2c1. The van der Waals surface area contributed by atoms with Crippen molar-refractivity contribution in [3.63, 3.8) is 0 Å². The maximum Gasteiger partial charge on any atom is 0.294 e. The van der Waals surface area contributed by atoms with E-state index in [9.17, 15) is 0 Å². The molecule has 0 unspecified atom stereocenters. The molecule has 0 saturated carbocycles. The first kappa shape index (κ1) is 12.2. The normalized spacial score (nSPS) is 19.9. The number of para-hydroxylation sites is 2. The molecule has 92 valence electrons. The van der Waals surface area contributed by atoms with Gasteiger partial charge in [0.1, 0.15) is 6.10 Å². The van der Waals surface area contributed by atoms with Crippen molar-refractivity contribution in [2.24, 2.45) is 0 Å². The number of nitrogens with zero attached hydrogens (tertiary/aromatic N) is 1. The fourth-order valence-corrected chi connectivity index (χ4v) is 2.06. The summed E-state index contributed by atoms with van der Waals surface area (Å²) in [6.07, 6.45) is 2.52. The van der Waals surface area contributed by atoms with Gasteiger partial charge in [0, 0.05) is 6.54 Å². The van der Waals surface area contributed by atoms with Gasteiger partial charge < -0.3 is 15.0 Å². The van der Waals surface area contributed by atoms with Crippen molar-refractivity contribution in [3.05, 3.63) is 24.3 Å². The van der Waals surface area contributed by atoms with Crippen LogP contribution in [0.2, 0.25) is 0 Å². The summed E-state index contributed by atoms with van der Waals surface area (Å²) < 4.78 is 5.81. The minimum absolute atomic E-state index is 0. The Morgan fingerprint density at radius 3 is 2.94 bits per heavy atom. The molecule has 2 aromatic rings. The first-order chi connectivity index (χ1) is 7.92. The van der Waals surface area contributed by atoms with Gasteiger partial charge in [-0.2, -0.15) is 4.98 Å². The zero-order valence-electron chi connectivity index (χ0n) is 9.48. The lowest BCUT2D eigenvalue weighted by Crippen LogP contribution is -2.37. The lowest BCUT2D eigenvalue weighted by molar-refractivity contribution is 0.155. The maximum atomic E-state index is 5.81. The molecule has 5 heteroatoms. The largest absolute Gasteiger partial charge is 0.460 e. The van der Waals surface area contributed by atoms with Gasteiger partial charge in [-0.3, -0.25) is 0 Å². The number of piperidine rings is 1. The Labute approximate surface area is 106 Å². The molecular weight excluding hydrogens is 238 g/mol. The Hall–Kier alpha value is -1.26. The Balaban J connectivity index is 0.00000108. The van der Waals surface area contributed by atoms with Crippen LogP contribution in [0, 0.1) is 0 Å². The number of ether oxygens (including phenoxy) is 1. The molecule has 0 amide bonds. The number of imidazole rings is 1. The number of hydrogen-bond acceptors (Lipinski definition) is 3. The summed E-state index contributed by atoms with van der Waals surface area (Å²) in [4.78, 5) is 7.58. The summed E-state index contributed by atoms with van der Waals surface area (Å²) in [6, 6.07) is 8.60. The fourth-order valence-electron chi connectivity index (χ4n) is 2.06. The number of benzene rings is 1. The van der Waals surface area contributed by atoms with Crippen LogP contribution in [0.1, 0.15) is 12.8 Å². The quantitative estimate of drug-likeness (QED) is 0.862. The molecule has 1 aromatic heterocycles. The van der Waals surface area contributed by atoms with Gasteiger partial charge in [-0.25, -0.2) is 0 Å². The third-order valence-corrected chi connectivity index (χ3v) is 2.90. The predicted octanol–water partition coefficient (Wildman–Crippen LogP) is 2.12. The smallest absolute Gasteiger partial charge is 0.294 e. The van der Waals surface area contributed by atoms with Crippen molar-refractivity contribution in [1.29, 1.82) is 0 Å². The molecule has 1 saturated heterocycles. The average molecular weight is 254 g/mol. The van der Waals surface area contributed by atoms with Crippen LogP contribution in [0.4, 0.5) is 0 Å². The van der Waals surface area contributed by atoms with Crippen LogP contribution in [-0.4, -0.2) is 29.2 Å². The first-order valence-electron chi connectivity index (χ1n) is 5.74. The topological polar surface area (TPSA) is 49.9 Å². The van der Waals surface area contributed by atoms with Crippen molar-refractivity contribution >= 4 is 23.4 Å². The van der Waals surface area contributed by atoms with Gasteiger partial charge in [0.15, 0.2) is 0 Å². The summed E-state index contributed by atoms with van der Waals surface area (Å²) in [6.45, 7) is 2.01. The highest BCUT2D eigenvalue weighted by Crippen LogP contribution is 2.17. The number of hydrogen-bond donors (Lipinski definition) is 2. The summed E-state index contributed by atoms with van der Waals surface area (Å²) in [7, 11) is 0. The zero-order chi connectivity index (χ0) is 10.8. The molecule has 4 nitrogen and oxygen atoms in total. The zero-order valence-corrected chi connectivity index (χ0v) is 10.3. The van der Waals surface area contributed by atoms with Gasteiger partial charge in [-0.05, 0) is 31.5 Å². The first-order valence-corrected chi connectivity index (χ1v) is 5.74. The number of nitrogens with one attached hydrogen (secondary N) is 2. The van der Waals surface area contributed by atoms with Crippen LogP contribution in [0.15, 0.2) is 24.3 Å². The van der Waals surface area contributed by atoms with Crippen LogP contribution < -0.4 is 10.1 Å². The minimum Gasteiger partial charge on any atom is -0.460 e. The third-order valence-electron chi connectivity index (χ3n) is 2.90. The van der Waals surface area contributed by atoms with Gasteiger partial charge in [-0.15, -0.1) is 12.4 Å². The van der Waals surface area contributed by atoms with E-state index in [0.29, 0.717) is 6.01 Å². The molecule has 0 radical (unpaired) electrons. The molecule has 2 N–H and O–H groups in total. The van der Waals surface area contributed by atoms with E-state index in [0.717, 1.165) is 30.5 Å². The van der Waals surface area contributed by atoms with E-state index in [1.807, 2.05) is 24.3 Å². The molecule has 3 rings (SSSR count). The van der Waals surface area contributed by atoms with E-state index in [-0.39, 0.29) is 18.5 Å². The van der Waals surface area contributed by atoms with E-state index in [2.05, 4.69) is 15.3 Å². The monoisotopic (exact) mass is 253 g/mol. The van der Waals surface area contributed by atoms with Crippen LogP contribution >= 0.6 is 12.4 Å². The molecule has 0 aliphatic carbocycles.